The first-order valence-corrected chi connectivity index (χ1v) is 23.2. The van der Waals surface area contributed by atoms with Gasteiger partial charge in [0.2, 0.25) is 5.95 Å². The highest BCUT2D eigenvalue weighted by Gasteiger charge is 2.36. The maximum absolute atomic E-state index is 5.32. The Hall–Kier alpha value is -8.87. The van der Waals surface area contributed by atoms with Gasteiger partial charge in [-0.3, -0.25) is 4.57 Å². The van der Waals surface area contributed by atoms with E-state index in [0.717, 1.165) is 66.6 Å². The monoisotopic (exact) mass is 872 g/mol. The summed E-state index contributed by atoms with van der Waals surface area (Å²) in [5.41, 5.74) is 16.8. The van der Waals surface area contributed by atoms with Crippen molar-refractivity contribution in [2.75, 3.05) is 4.90 Å². The molecule has 322 valence electrons. The van der Waals surface area contributed by atoms with E-state index in [1.54, 1.807) is 0 Å². The standard InChI is InChI=1S/C62H44N6/c1-62(2)54-26-16-15-25-49(54)50-33-31-48(40-55(50)62)67(46-29-27-42(28-30-46)41-17-7-3-8-18-41)47-32-35-57-53(39-47)51-34-36-56-52(37-38-66(56)45-23-13-6-14-24-45)58(51)68(57)61-64-59(43-19-9-4-10-20-43)63-60(65-61)44-21-11-5-12-22-44/h3-40H,1-2H3. The zero-order valence-electron chi connectivity index (χ0n) is 37.6. The van der Waals surface area contributed by atoms with E-state index in [0.29, 0.717) is 17.6 Å². The van der Waals surface area contributed by atoms with Crippen LogP contribution in [0.5, 0.6) is 0 Å². The maximum Gasteiger partial charge on any atom is 0.238 e. The van der Waals surface area contributed by atoms with E-state index < -0.39 is 0 Å². The smallest absolute Gasteiger partial charge is 0.238 e. The van der Waals surface area contributed by atoms with E-state index in [-0.39, 0.29) is 5.41 Å². The predicted molar refractivity (Wildman–Crippen MR) is 280 cm³/mol. The first-order valence-electron chi connectivity index (χ1n) is 23.2. The second kappa shape index (κ2) is 15.6. The summed E-state index contributed by atoms with van der Waals surface area (Å²) in [6, 6.07) is 79.9. The minimum Gasteiger partial charge on any atom is -0.316 e. The number of rotatable bonds is 8. The molecule has 0 N–H and O–H groups in total. The normalized spacial score (nSPS) is 12.7. The average Bonchev–Trinajstić information content (AvgIpc) is 4.06. The fraction of sp³-hybridized carbons (Fsp3) is 0.0484. The number of anilines is 3. The Balaban J connectivity index is 1.06. The lowest BCUT2D eigenvalue weighted by molar-refractivity contribution is 0.660. The van der Waals surface area contributed by atoms with E-state index in [1.807, 2.05) is 36.4 Å². The molecule has 1 aliphatic carbocycles. The van der Waals surface area contributed by atoms with Gasteiger partial charge in [0.15, 0.2) is 11.6 Å². The van der Waals surface area contributed by atoms with Gasteiger partial charge in [0.1, 0.15) is 0 Å². The first-order chi connectivity index (χ1) is 33.5. The number of nitrogens with zero attached hydrogens (tertiary/aromatic N) is 6. The molecule has 0 saturated carbocycles. The van der Waals surface area contributed by atoms with Crippen LogP contribution >= 0.6 is 0 Å². The molecule has 0 aliphatic heterocycles. The summed E-state index contributed by atoms with van der Waals surface area (Å²) in [6.45, 7) is 4.70. The van der Waals surface area contributed by atoms with E-state index in [4.69, 9.17) is 15.0 Å². The molecule has 1 aliphatic rings. The molecule has 0 bridgehead atoms. The molecule has 68 heavy (non-hydrogen) atoms. The molecule has 13 rings (SSSR count). The van der Waals surface area contributed by atoms with E-state index in [9.17, 15) is 0 Å². The largest absolute Gasteiger partial charge is 0.316 e. The number of benzene rings is 9. The summed E-state index contributed by atoms with van der Waals surface area (Å²) in [5.74, 6) is 1.78. The van der Waals surface area contributed by atoms with Crippen LogP contribution in [-0.4, -0.2) is 24.1 Å². The number of aromatic nitrogens is 5. The molecule has 12 aromatic rings. The SMILES string of the molecule is CC1(C)c2ccccc2-c2ccc(N(c3ccc(-c4ccccc4)cc3)c3ccc4c(c3)c3ccc5c(ccn5-c5ccccc5)c3n4-c3nc(-c4ccccc4)nc(-c4ccccc4)n3)cc21. The molecule has 3 aromatic heterocycles. The van der Waals surface area contributed by atoms with E-state index >= 15 is 0 Å². The molecule has 0 amide bonds. The Morgan fingerprint density at radius 2 is 0.941 bits per heavy atom. The molecule has 9 aromatic carbocycles. The third kappa shape index (κ3) is 6.37. The summed E-state index contributed by atoms with van der Waals surface area (Å²) < 4.78 is 4.51. The molecule has 3 heterocycles. The highest BCUT2D eigenvalue weighted by molar-refractivity contribution is 6.19. The third-order valence-electron chi connectivity index (χ3n) is 13.8. The van der Waals surface area contributed by atoms with Gasteiger partial charge in [-0.1, -0.05) is 172 Å². The van der Waals surface area contributed by atoms with Crippen LogP contribution in [0.2, 0.25) is 0 Å². The Morgan fingerprint density at radius 1 is 0.397 bits per heavy atom. The predicted octanol–water partition coefficient (Wildman–Crippen LogP) is 15.7. The van der Waals surface area contributed by atoms with Crippen molar-refractivity contribution in [1.29, 1.82) is 0 Å². The summed E-state index contributed by atoms with van der Waals surface area (Å²) in [4.78, 5) is 18.1. The minimum absolute atomic E-state index is 0.161. The molecular formula is C62H44N6. The van der Waals surface area contributed by atoms with Crippen molar-refractivity contribution < 1.29 is 0 Å². The fourth-order valence-corrected chi connectivity index (χ4v) is 10.5. The molecule has 0 fully saturated rings. The van der Waals surface area contributed by atoms with Gasteiger partial charge in [-0.2, -0.15) is 9.97 Å². The fourth-order valence-electron chi connectivity index (χ4n) is 10.5. The summed E-state index contributed by atoms with van der Waals surface area (Å²) in [6.07, 6.45) is 2.17. The highest BCUT2D eigenvalue weighted by Crippen LogP contribution is 2.51. The zero-order chi connectivity index (χ0) is 45.3. The van der Waals surface area contributed by atoms with Gasteiger partial charge in [0.05, 0.1) is 16.6 Å². The third-order valence-corrected chi connectivity index (χ3v) is 13.8. The molecular weight excluding hydrogens is 829 g/mol. The van der Waals surface area contributed by atoms with Crippen molar-refractivity contribution in [3.63, 3.8) is 0 Å². The van der Waals surface area contributed by atoms with Gasteiger partial charge in [-0.15, -0.1) is 0 Å². The van der Waals surface area contributed by atoms with E-state index in [2.05, 4.69) is 222 Å². The Morgan fingerprint density at radius 3 is 1.63 bits per heavy atom. The number of hydrogen-bond acceptors (Lipinski definition) is 4. The first kappa shape index (κ1) is 39.5. The Bertz CT molecular complexity index is 3800. The summed E-state index contributed by atoms with van der Waals surface area (Å²) >= 11 is 0. The quantitative estimate of drug-likeness (QED) is 0.153. The van der Waals surface area contributed by atoms with Crippen molar-refractivity contribution in [3.05, 3.63) is 242 Å². The van der Waals surface area contributed by atoms with Crippen LogP contribution in [0.1, 0.15) is 25.0 Å². The summed E-state index contributed by atoms with van der Waals surface area (Å²) in [5, 5.41) is 3.29. The Kier molecular flexibility index (Phi) is 9.08. The van der Waals surface area contributed by atoms with Crippen molar-refractivity contribution in [2.24, 2.45) is 0 Å². The van der Waals surface area contributed by atoms with Gasteiger partial charge < -0.3 is 9.47 Å². The van der Waals surface area contributed by atoms with Crippen molar-refractivity contribution in [2.45, 2.75) is 19.3 Å². The van der Waals surface area contributed by atoms with Gasteiger partial charge in [0, 0.05) is 61.6 Å². The lowest BCUT2D eigenvalue weighted by Gasteiger charge is -2.28. The van der Waals surface area contributed by atoms with Gasteiger partial charge in [0.25, 0.3) is 0 Å². The number of hydrogen-bond donors (Lipinski definition) is 0. The van der Waals surface area contributed by atoms with Crippen LogP contribution in [-0.2, 0) is 5.41 Å². The van der Waals surface area contributed by atoms with Crippen molar-refractivity contribution >= 4 is 49.8 Å². The molecule has 6 heteroatoms. The van der Waals surface area contributed by atoms with Crippen LogP contribution < -0.4 is 4.90 Å². The van der Waals surface area contributed by atoms with Gasteiger partial charge in [-0.25, -0.2) is 4.98 Å². The van der Waals surface area contributed by atoms with Crippen molar-refractivity contribution in [1.82, 2.24) is 24.1 Å². The van der Waals surface area contributed by atoms with E-state index in [1.165, 1.54) is 33.4 Å². The highest BCUT2D eigenvalue weighted by atomic mass is 15.2. The van der Waals surface area contributed by atoms with Crippen molar-refractivity contribution in [3.8, 4) is 56.7 Å². The molecule has 6 nitrogen and oxygen atoms in total. The second-order valence-corrected chi connectivity index (χ2v) is 18.1. The maximum atomic E-state index is 5.32. The minimum atomic E-state index is -0.161. The lowest BCUT2D eigenvalue weighted by Crippen LogP contribution is -2.16. The molecule has 0 unspecified atom stereocenters. The number of para-hydroxylation sites is 1. The molecule has 0 spiro atoms. The van der Waals surface area contributed by atoms with Crippen LogP contribution in [0.25, 0.3) is 89.4 Å². The van der Waals surface area contributed by atoms with Crippen LogP contribution in [0, 0.1) is 0 Å². The van der Waals surface area contributed by atoms with Gasteiger partial charge >= 0.3 is 0 Å². The number of fused-ring (bicyclic) bond motifs is 8. The zero-order valence-corrected chi connectivity index (χ0v) is 37.6. The topological polar surface area (TPSA) is 51.8 Å². The lowest BCUT2D eigenvalue weighted by atomic mass is 9.82. The molecule has 0 radical (unpaired) electrons. The molecule has 0 atom stereocenters. The average molecular weight is 873 g/mol. The summed E-state index contributed by atoms with van der Waals surface area (Å²) in [7, 11) is 0. The van der Waals surface area contributed by atoms with Gasteiger partial charge in [-0.05, 0) is 100 Å². The van der Waals surface area contributed by atoms with Crippen LogP contribution in [0.15, 0.2) is 231 Å². The second-order valence-electron chi connectivity index (χ2n) is 18.1. The Labute approximate surface area is 394 Å². The molecule has 0 saturated heterocycles. The van der Waals surface area contributed by atoms with Crippen LogP contribution in [0.3, 0.4) is 0 Å². The van der Waals surface area contributed by atoms with Crippen LogP contribution in [0.4, 0.5) is 17.1 Å².